The van der Waals surface area contributed by atoms with E-state index in [1.807, 2.05) is 23.1 Å². The SMILES string of the molecule is CC1NCCN(C(=O)C2CC(=O)N(c3ccc4c(c3)OCCO4)C2)C1C. The zero-order chi connectivity index (χ0) is 18.3. The lowest BCUT2D eigenvalue weighted by atomic mass is 10.0. The van der Waals surface area contributed by atoms with E-state index in [4.69, 9.17) is 9.47 Å². The third kappa shape index (κ3) is 3.00. The maximum atomic E-state index is 13.0. The number of piperazine rings is 1. The van der Waals surface area contributed by atoms with Gasteiger partial charge in [-0.2, -0.15) is 0 Å². The summed E-state index contributed by atoms with van der Waals surface area (Å²) >= 11 is 0. The monoisotopic (exact) mass is 359 g/mol. The molecule has 3 atom stereocenters. The molecule has 26 heavy (non-hydrogen) atoms. The number of amides is 2. The van der Waals surface area contributed by atoms with Crippen molar-refractivity contribution in [1.82, 2.24) is 10.2 Å². The van der Waals surface area contributed by atoms with Gasteiger partial charge in [-0.15, -0.1) is 0 Å². The fourth-order valence-electron chi connectivity index (χ4n) is 3.92. The van der Waals surface area contributed by atoms with Crippen molar-refractivity contribution < 1.29 is 19.1 Å². The number of nitrogens with one attached hydrogen (secondary N) is 1. The number of carbonyl (C=O) groups is 2. The molecule has 0 radical (unpaired) electrons. The van der Waals surface area contributed by atoms with E-state index in [2.05, 4.69) is 19.2 Å². The maximum absolute atomic E-state index is 13.0. The first-order chi connectivity index (χ1) is 12.5. The molecule has 1 aromatic rings. The third-order valence-corrected chi connectivity index (χ3v) is 5.63. The average Bonchev–Trinajstić information content (AvgIpc) is 3.05. The lowest BCUT2D eigenvalue weighted by molar-refractivity contribution is -0.139. The predicted octanol–water partition coefficient (Wildman–Crippen LogP) is 1.02. The Bertz CT molecular complexity index is 723. The van der Waals surface area contributed by atoms with E-state index in [9.17, 15) is 9.59 Å². The Morgan fingerprint density at radius 2 is 1.96 bits per heavy atom. The molecule has 2 saturated heterocycles. The van der Waals surface area contributed by atoms with Gasteiger partial charge < -0.3 is 24.6 Å². The zero-order valence-electron chi connectivity index (χ0n) is 15.2. The largest absolute Gasteiger partial charge is 0.486 e. The lowest BCUT2D eigenvalue weighted by Crippen LogP contribution is -2.58. The van der Waals surface area contributed by atoms with Crippen molar-refractivity contribution in [2.75, 3.05) is 37.7 Å². The molecule has 7 nitrogen and oxygen atoms in total. The van der Waals surface area contributed by atoms with E-state index in [0.717, 1.165) is 12.2 Å². The van der Waals surface area contributed by atoms with Crippen molar-refractivity contribution in [2.45, 2.75) is 32.4 Å². The Balaban J connectivity index is 1.49. The normalized spacial score (nSPS) is 28.4. The molecule has 3 aliphatic rings. The van der Waals surface area contributed by atoms with Gasteiger partial charge in [-0.1, -0.05) is 0 Å². The van der Waals surface area contributed by atoms with Gasteiger partial charge in [0.05, 0.1) is 5.92 Å². The number of hydrogen-bond donors (Lipinski definition) is 1. The van der Waals surface area contributed by atoms with Crippen LogP contribution in [0, 0.1) is 5.92 Å². The quantitative estimate of drug-likeness (QED) is 0.854. The predicted molar refractivity (Wildman–Crippen MR) is 96.5 cm³/mol. The highest BCUT2D eigenvalue weighted by Gasteiger charge is 2.40. The standard InChI is InChI=1S/C19H25N3O4/c1-12-13(2)21(6-5-20-12)19(24)14-9-18(23)22(11-14)15-3-4-16-17(10-15)26-8-7-25-16/h3-4,10,12-14,20H,5-9,11H2,1-2H3. The number of benzene rings is 1. The molecule has 4 rings (SSSR count). The van der Waals surface area contributed by atoms with Crippen LogP contribution < -0.4 is 19.7 Å². The number of fused-ring (bicyclic) bond motifs is 1. The Kier molecular flexibility index (Phi) is 4.48. The van der Waals surface area contributed by atoms with Gasteiger partial charge in [0, 0.05) is 49.9 Å². The van der Waals surface area contributed by atoms with Gasteiger partial charge in [-0.05, 0) is 26.0 Å². The van der Waals surface area contributed by atoms with Gasteiger partial charge in [0.2, 0.25) is 11.8 Å². The lowest BCUT2D eigenvalue weighted by Gasteiger charge is -2.39. The van der Waals surface area contributed by atoms with Gasteiger partial charge >= 0.3 is 0 Å². The van der Waals surface area contributed by atoms with Crippen LogP contribution in [0.4, 0.5) is 5.69 Å². The topological polar surface area (TPSA) is 71.1 Å². The van der Waals surface area contributed by atoms with E-state index in [-0.39, 0.29) is 36.2 Å². The van der Waals surface area contributed by atoms with E-state index >= 15 is 0 Å². The fourth-order valence-corrected chi connectivity index (χ4v) is 3.92. The highest BCUT2D eigenvalue weighted by atomic mass is 16.6. The van der Waals surface area contributed by atoms with E-state index in [1.54, 1.807) is 4.90 Å². The molecule has 140 valence electrons. The molecular formula is C19H25N3O4. The maximum Gasteiger partial charge on any atom is 0.228 e. The number of ether oxygens (including phenoxy) is 2. The molecule has 2 fully saturated rings. The minimum atomic E-state index is -0.288. The van der Waals surface area contributed by atoms with Gasteiger partial charge in [-0.25, -0.2) is 0 Å². The number of nitrogens with zero attached hydrogens (tertiary/aromatic N) is 2. The highest BCUT2D eigenvalue weighted by Crippen LogP contribution is 2.36. The Labute approximate surface area is 153 Å². The first-order valence-corrected chi connectivity index (χ1v) is 9.28. The summed E-state index contributed by atoms with van der Waals surface area (Å²) in [4.78, 5) is 29.2. The van der Waals surface area contributed by atoms with Crippen LogP contribution in [-0.4, -0.2) is 61.6 Å². The number of rotatable bonds is 2. The van der Waals surface area contributed by atoms with Gasteiger partial charge in [-0.3, -0.25) is 9.59 Å². The molecule has 3 aliphatic heterocycles. The smallest absolute Gasteiger partial charge is 0.228 e. The molecule has 0 bridgehead atoms. The summed E-state index contributed by atoms with van der Waals surface area (Å²) in [7, 11) is 0. The Morgan fingerprint density at radius 1 is 1.19 bits per heavy atom. The van der Waals surface area contributed by atoms with Crippen LogP contribution in [0.15, 0.2) is 18.2 Å². The van der Waals surface area contributed by atoms with E-state index in [1.165, 1.54) is 0 Å². The molecule has 0 aromatic heterocycles. The summed E-state index contributed by atoms with van der Waals surface area (Å²) in [5.41, 5.74) is 0.760. The first kappa shape index (κ1) is 17.1. The van der Waals surface area contributed by atoms with Crippen molar-refractivity contribution in [1.29, 1.82) is 0 Å². The summed E-state index contributed by atoms with van der Waals surface area (Å²) in [5.74, 6) is 1.13. The molecule has 7 heteroatoms. The molecule has 0 aliphatic carbocycles. The first-order valence-electron chi connectivity index (χ1n) is 9.28. The number of anilines is 1. The average molecular weight is 359 g/mol. The van der Waals surface area contributed by atoms with Crippen LogP contribution in [0.25, 0.3) is 0 Å². The summed E-state index contributed by atoms with van der Waals surface area (Å²) in [5, 5.41) is 3.38. The van der Waals surface area contributed by atoms with E-state index < -0.39 is 0 Å². The van der Waals surface area contributed by atoms with Gasteiger partial charge in [0.1, 0.15) is 13.2 Å². The molecule has 3 heterocycles. The third-order valence-electron chi connectivity index (χ3n) is 5.63. The van der Waals surface area contributed by atoms with Crippen LogP contribution in [0.2, 0.25) is 0 Å². The summed E-state index contributed by atoms with van der Waals surface area (Å²) < 4.78 is 11.1. The van der Waals surface area contributed by atoms with Crippen LogP contribution in [0.1, 0.15) is 20.3 Å². The molecular weight excluding hydrogens is 334 g/mol. The second kappa shape index (κ2) is 6.79. The Morgan fingerprint density at radius 3 is 2.77 bits per heavy atom. The van der Waals surface area contributed by atoms with Crippen LogP contribution in [-0.2, 0) is 9.59 Å². The second-order valence-corrected chi connectivity index (χ2v) is 7.25. The Hall–Kier alpha value is -2.28. The summed E-state index contributed by atoms with van der Waals surface area (Å²) in [6.07, 6.45) is 0.262. The van der Waals surface area contributed by atoms with Crippen molar-refractivity contribution >= 4 is 17.5 Å². The molecule has 1 aromatic carbocycles. The molecule has 2 amide bonds. The molecule has 0 saturated carbocycles. The second-order valence-electron chi connectivity index (χ2n) is 7.25. The van der Waals surface area contributed by atoms with Crippen molar-refractivity contribution in [3.63, 3.8) is 0 Å². The fraction of sp³-hybridized carbons (Fsp3) is 0.579. The number of hydrogen-bond acceptors (Lipinski definition) is 5. The summed E-state index contributed by atoms with van der Waals surface area (Å²) in [6.45, 7) is 7.10. The minimum Gasteiger partial charge on any atom is -0.486 e. The van der Waals surface area contributed by atoms with E-state index in [0.29, 0.717) is 37.8 Å². The van der Waals surface area contributed by atoms with Crippen LogP contribution in [0.3, 0.4) is 0 Å². The van der Waals surface area contributed by atoms with Crippen molar-refractivity contribution in [2.24, 2.45) is 5.92 Å². The number of carbonyl (C=O) groups excluding carboxylic acids is 2. The molecule has 3 unspecified atom stereocenters. The van der Waals surface area contributed by atoms with Gasteiger partial charge in [0.25, 0.3) is 0 Å². The zero-order valence-corrected chi connectivity index (χ0v) is 15.2. The highest BCUT2D eigenvalue weighted by molar-refractivity contribution is 6.00. The minimum absolute atomic E-state index is 0.0177. The van der Waals surface area contributed by atoms with Crippen molar-refractivity contribution in [3.8, 4) is 11.5 Å². The molecule has 0 spiro atoms. The van der Waals surface area contributed by atoms with Crippen LogP contribution in [0.5, 0.6) is 11.5 Å². The van der Waals surface area contributed by atoms with Crippen molar-refractivity contribution in [3.05, 3.63) is 18.2 Å². The summed E-state index contributed by atoms with van der Waals surface area (Å²) in [6, 6.07) is 5.91. The van der Waals surface area contributed by atoms with Crippen LogP contribution >= 0.6 is 0 Å². The van der Waals surface area contributed by atoms with Gasteiger partial charge in [0.15, 0.2) is 11.5 Å². The molecule has 1 N–H and O–H groups in total.